The molecular weight excluding hydrogens is 451 g/mol. The number of likely N-dealkylation sites (tertiary alicyclic amines) is 1. The SMILES string of the molecule is CN1CCC(N(c2cnn(C)c2)S(=O)(=O)NC(=O)Nc2c3c(cc4c2CCC4)CCC3)C1.[NaH]. The van der Waals surface area contributed by atoms with Crippen LogP contribution in [0, 0.1) is 0 Å². The van der Waals surface area contributed by atoms with Crippen LogP contribution in [0.1, 0.15) is 41.5 Å². The molecule has 0 saturated carbocycles. The first kappa shape index (κ1) is 24.5. The zero-order valence-corrected chi connectivity index (χ0v) is 19.4. The van der Waals surface area contributed by atoms with Crippen LogP contribution >= 0.6 is 0 Å². The maximum atomic E-state index is 13.4. The number of urea groups is 1. The van der Waals surface area contributed by atoms with E-state index in [1.807, 2.05) is 7.05 Å². The van der Waals surface area contributed by atoms with Crippen LogP contribution < -0.4 is 14.3 Å². The van der Waals surface area contributed by atoms with E-state index < -0.39 is 16.2 Å². The number of aromatic nitrogens is 2. The molecule has 174 valence electrons. The number of aryl methyl sites for hydroxylation is 3. The number of carbonyl (C=O) groups is 1. The Morgan fingerprint density at radius 2 is 1.79 bits per heavy atom. The predicted octanol–water partition coefficient (Wildman–Crippen LogP) is 1.33. The second-order valence-corrected chi connectivity index (χ2v) is 10.7. The number of nitrogens with one attached hydrogen (secondary N) is 2. The van der Waals surface area contributed by atoms with E-state index >= 15 is 0 Å². The number of carbonyl (C=O) groups excluding carboxylic acids is 1. The van der Waals surface area contributed by atoms with Gasteiger partial charge in [-0.05, 0) is 80.8 Å². The van der Waals surface area contributed by atoms with E-state index in [9.17, 15) is 13.2 Å². The molecule has 11 heteroatoms. The topological polar surface area (TPSA) is 99.6 Å². The molecule has 2 amide bonds. The van der Waals surface area contributed by atoms with Crippen LogP contribution in [0.3, 0.4) is 0 Å². The van der Waals surface area contributed by atoms with Gasteiger partial charge in [-0.25, -0.2) is 13.8 Å². The molecule has 33 heavy (non-hydrogen) atoms. The van der Waals surface area contributed by atoms with Crippen molar-refractivity contribution in [3.05, 3.63) is 40.7 Å². The molecule has 3 aliphatic rings. The van der Waals surface area contributed by atoms with Crippen LogP contribution in [0.2, 0.25) is 0 Å². The number of benzene rings is 1. The average Bonchev–Trinajstić information content (AvgIpc) is 3.49. The maximum absolute atomic E-state index is 13.4. The summed E-state index contributed by atoms with van der Waals surface area (Å²) in [5.41, 5.74) is 6.19. The van der Waals surface area contributed by atoms with E-state index in [0.717, 1.165) is 50.8 Å². The Morgan fingerprint density at radius 3 is 2.33 bits per heavy atom. The summed E-state index contributed by atoms with van der Waals surface area (Å²) in [6, 6.07) is 1.31. The molecule has 1 aliphatic heterocycles. The number of amides is 2. The third-order valence-corrected chi connectivity index (χ3v) is 8.31. The zero-order valence-electron chi connectivity index (χ0n) is 18.6. The fourth-order valence-corrected chi connectivity index (χ4v) is 6.76. The van der Waals surface area contributed by atoms with Crippen molar-refractivity contribution in [3.8, 4) is 0 Å². The molecule has 1 atom stereocenters. The second-order valence-electron chi connectivity index (χ2n) is 9.17. The summed E-state index contributed by atoms with van der Waals surface area (Å²) in [6.45, 7) is 1.39. The summed E-state index contributed by atoms with van der Waals surface area (Å²) in [5, 5.41) is 7.06. The monoisotopic (exact) mass is 482 g/mol. The molecule has 2 heterocycles. The van der Waals surface area contributed by atoms with E-state index in [2.05, 4.69) is 26.1 Å². The fraction of sp³-hybridized carbons (Fsp3) is 0.545. The van der Waals surface area contributed by atoms with Crippen LogP contribution in [0.4, 0.5) is 16.2 Å². The number of nitrogens with zero attached hydrogens (tertiary/aromatic N) is 4. The minimum absolute atomic E-state index is 0. The summed E-state index contributed by atoms with van der Waals surface area (Å²) in [5.74, 6) is 0. The Labute approximate surface area is 217 Å². The van der Waals surface area contributed by atoms with Crippen molar-refractivity contribution < 1.29 is 13.2 Å². The fourth-order valence-electron chi connectivity index (χ4n) is 5.44. The average molecular weight is 483 g/mol. The second kappa shape index (κ2) is 9.58. The van der Waals surface area contributed by atoms with Crippen molar-refractivity contribution >= 4 is 57.2 Å². The third-order valence-electron chi connectivity index (χ3n) is 6.84. The first-order valence-corrected chi connectivity index (χ1v) is 12.7. The molecular formula is C22H31N6NaO3S. The van der Waals surface area contributed by atoms with Gasteiger partial charge in [0.25, 0.3) is 0 Å². The van der Waals surface area contributed by atoms with Gasteiger partial charge in [-0.1, -0.05) is 6.07 Å². The molecule has 9 nitrogen and oxygen atoms in total. The Balaban J connectivity index is 0.00000259. The van der Waals surface area contributed by atoms with Crippen LogP contribution in [-0.2, 0) is 42.9 Å². The molecule has 0 bridgehead atoms. The number of hydrogen-bond donors (Lipinski definition) is 2. The molecule has 2 aliphatic carbocycles. The molecule has 1 fully saturated rings. The third kappa shape index (κ3) is 4.81. The van der Waals surface area contributed by atoms with Gasteiger partial charge in [0.2, 0.25) is 0 Å². The first-order chi connectivity index (χ1) is 15.3. The Morgan fingerprint density at radius 1 is 1.12 bits per heavy atom. The predicted molar refractivity (Wildman–Crippen MR) is 130 cm³/mol. The number of hydrogen-bond acceptors (Lipinski definition) is 5. The number of likely N-dealkylation sites (N-methyl/N-ethyl adjacent to an activating group) is 1. The first-order valence-electron chi connectivity index (χ1n) is 11.3. The molecule has 5 rings (SSSR count). The van der Waals surface area contributed by atoms with Crippen molar-refractivity contribution in [3.63, 3.8) is 0 Å². The van der Waals surface area contributed by atoms with Crippen LogP contribution in [0.25, 0.3) is 0 Å². The van der Waals surface area contributed by atoms with Crippen molar-refractivity contribution in [2.75, 3.05) is 29.8 Å². The van der Waals surface area contributed by atoms with Crippen molar-refractivity contribution in [2.45, 2.75) is 51.0 Å². The van der Waals surface area contributed by atoms with Gasteiger partial charge in [-0.15, -0.1) is 0 Å². The van der Waals surface area contributed by atoms with Crippen molar-refractivity contribution in [1.82, 2.24) is 19.4 Å². The Kier molecular flexibility index (Phi) is 7.12. The summed E-state index contributed by atoms with van der Waals surface area (Å²) in [4.78, 5) is 15.1. The minimum atomic E-state index is -4.13. The number of fused-ring (bicyclic) bond motifs is 2. The van der Waals surface area contributed by atoms with E-state index in [-0.39, 0.29) is 35.6 Å². The quantitative estimate of drug-likeness (QED) is 0.627. The summed E-state index contributed by atoms with van der Waals surface area (Å²) < 4.78 is 32.0. The zero-order chi connectivity index (χ0) is 22.5. The van der Waals surface area contributed by atoms with Crippen LogP contribution in [-0.4, -0.2) is 84.9 Å². The number of rotatable bonds is 5. The van der Waals surface area contributed by atoms with Gasteiger partial charge >= 0.3 is 45.8 Å². The van der Waals surface area contributed by atoms with Gasteiger partial charge in [0.15, 0.2) is 0 Å². The standard InChI is InChI=1S/C22H30N6O3S.Na.H/c1-26-10-9-17(13-26)28(18-12-23-27(2)14-18)32(30,31)25-22(29)24-21-19-7-3-5-15(19)11-16-6-4-8-20(16)21;;/h11-12,14,17H,3-10,13H2,1-2H3,(H2,24,25,29);;. The van der Waals surface area contributed by atoms with Gasteiger partial charge in [-0.2, -0.15) is 13.5 Å². The number of anilines is 2. The van der Waals surface area contributed by atoms with Crippen LogP contribution in [0.15, 0.2) is 18.5 Å². The van der Waals surface area contributed by atoms with E-state index in [0.29, 0.717) is 18.7 Å². The van der Waals surface area contributed by atoms with E-state index in [4.69, 9.17) is 0 Å². The normalized spacial score (nSPS) is 19.6. The molecule has 0 spiro atoms. The van der Waals surface area contributed by atoms with Gasteiger partial charge in [0.05, 0.1) is 17.9 Å². The van der Waals surface area contributed by atoms with Gasteiger partial charge in [0, 0.05) is 25.5 Å². The van der Waals surface area contributed by atoms with E-state index in [1.54, 1.807) is 17.9 Å². The molecule has 0 radical (unpaired) electrons. The summed E-state index contributed by atoms with van der Waals surface area (Å²) >= 11 is 0. The Hall–Kier alpha value is -1.59. The summed E-state index contributed by atoms with van der Waals surface area (Å²) in [7, 11) is -0.420. The Bertz CT molecular complexity index is 1130. The summed E-state index contributed by atoms with van der Waals surface area (Å²) in [6.07, 6.45) is 9.87. The molecule has 2 aromatic rings. The molecule has 2 N–H and O–H groups in total. The molecule has 1 aromatic heterocycles. The van der Waals surface area contributed by atoms with Crippen molar-refractivity contribution in [1.29, 1.82) is 0 Å². The van der Waals surface area contributed by atoms with Gasteiger partial charge in [-0.3, -0.25) is 4.68 Å². The van der Waals surface area contributed by atoms with Crippen molar-refractivity contribution in [2.24, 2.45) is 7.05 Å². The molecule has 1 saturated heterocycles. The molecule has 1 aromatic carbocycles. The van der Waals surface area contributed by atoms with Crippen LogP contribution in [0.5, 0.6) is 0 Å². The molecule has 1 unspecified atom stereocenters. The van der Waals surface area contributed by atoms with E-state index in [1.165, 1.54) is 32.8 Å². The van der Waals surface area contributed by atoms with Gasteiger partial charge < -0.3 is 10.2 Å². The van der Waals surface area contributed by atoms with Gasteiger partial charge in [0.1, 0.15) is 0 Å².